The van der Waals surface area contributed by atoms with Crippen LogP contribution in [-0.4, -0.2) is 21.9 Å². The molecule has 9 heteroatoms. The molecule has 0 spiro atoms. The Morgan fingerprint density at radius 3 is 2.56 bits per heavy atom. The van der Waals surface area contributed by atoms with E-state index in [-0.39, 0.29) is 31.1 Å². The van der Waals surface area contributed by atoms with Gasteiger partial charge in [-0.15, -0.1) is 0 Å². The largest absolute Gasteiger partial charge is 0.410 e. The fourth-order valence-electron chi connectivity index (χ4n) is 4.13. The van der Waals surface area contributed by atoms with Gasteiger partial charge in [0.25, 0.3) is 0 Å². The molecule has 3 aromatic rings. The van der Waals surface area contributed by atoms with Gasteiger partial charge < -0.3 is 10.6 Å². The van der Waals surface area contributed by atoms with Crippen LogP contribution in [-0.2, 0) is 24.2 Å². The lowest BCUT2D eigenvalue weighted by molar-refractivity contribution is -0.173. The van der Waals surface area contributed by atoms with Crippen LogP contribution in [0.1, 0.15) is 53.2 Å². The highest BCUT2D eigenvalue weighted by molar-refractivity contribution is 6.31. The molecule has 1 aliphatic heterocycles. The highest BCUT2D eigenvalue weighted by Gasteiger charge is 2.46. The topological polar surface area (TPSA) is 59.0 Å². The normalized spacial score (nSPS) is 17.7. The molecule has 34 heavy (non-hydrogen) atoms. The molecule has 1 aliphatic rings. The molecule has 2 N–H and O–H groups in total. The number of carbonyl (C=O) groups is 1. The van der Waals surface area contributed by atoms with Crippen molar-refractivity contribution >= 4 is 23.3 Å². The average Bonchev–Trinajstić information content (AvgIpc) is 3.21. The quantitative estimate of drug-likeness (QED) is 0.450. The third-order valence-corrected chi connectivity index (χ3v) is 6.59. The molecule has 2 heterocycles. The summed E-state index contributed by atoms with van der Waals surface area (Å²) in [6, 6.07) is 10.8. The van der Waals surface area contributed by atoms with Gasteiger partial charge in [0, 0.05) is 23.6 Å². The van der Waals surface area contributed by atoms with Crippen molar-refractivity contribution in [3.8, 4) is 0 Å². The molecule has 1 amide bonds. The summed E-state index contributed by atoms with van der Waals surface area (Å²) in [7, 11) is 0. The summed E-state index contributed by atoms with van der Waals surface area (Å²) in [6.45, 7) is 4.19. The maximum absolute atomic E-state index is 13.9. The number of aryl methyl sites for hydroxylation is 2. The number of nitrogens with zero attached hydrogens (tertiary/aromatic N) is 2. The number of amides is 1. The van der Waals surface area contributed by atoms with Crippen molar-refractivity contribution in [1.29, 1.82) is 0 Å². The number of rotatable bonds is 6. The van der Waals surface area contributed by atoms with Gasteiger partial charge in [0.2, 0.25) is 5.91 Å². The van der Waals surface area contributed by atoms with Gasteiger partial charge in [0.1, 0.15) is 5.82 Å². The molecule has 0 unspecified atom stereocenters. The van der Waals surface area contributed by atoms with Gasteiger partial charge in [-0.1, -0.05) is 54.9 Å². The second kappa shape index (κ2) is 9.70. The van der Waals surface area contributed by atoms with Crippen LogP contribution in [0.25, 0.3) is 0 Å². The zero-order valence-electron chi connectivity index (χ0n) is 18.9. The summed E-state index contributed by atoms with van der Waals surface area (Å²) in [4.78, 5) is 12.6. The van der Waals surface area contributed by atoms with Crippen LogP contribution in [0.4, 0.5) is 19.0 Å². The van der Waals surface area contributed by atoms with Gasteiger partial charge in [-0.2, -0.15) is 18.3 Å². The molecule has 0 fully saturated rings. The van der Waals surface area contributed by atoms with Gasteiger partial charge in [-0.3, -0.25) is 4.79 Å². The van der Waals surface area contributed by atoms with Crippen LogP contribution in [0.5, 0.6) is 0 Å². The number of fused-ring (bicyclic) bond motifs is 1. The van der Waals surface area contributed by atoms with Crippen LogP contribution in [0.15, 0.2) is 48.7 Å². The Bertz CT molecular complexity index is 1170. The van der Waals surface area contributed by atoms with Gasteiger partial charge in [-0.05, 0) is 41.7 Å². The molecule has 4 rings (SSSR count). The van der Waals surface area contributed by atoms with Gasteiger partial charge in [0.05, 0.1) is 18.7 Å². The monoisotopic (exact) mass is 490 g/mol. The summed E-state index contributed by atoms with van der Waals surface area (Å²) in [6.07, 6.45) is -2.54. The van der Waals surface area contributed by atoms with Gasteiger partial charge >= 0.3 is 6.18 Å². The zero-order valence-corrected chi connectivity index (χ0v) is 19.7. The zero-order chi connectivity index (χ0) is 24.5. The Morgan fingerprint density at radius 1 is 1.21 bits per heavy atom. The molecule has 1 aromatic heterocycles. The Balaban J connectivity index is 1.52. The van der Waals surface area contributed by atoms with E-state index in [1.165, 1.54) is 6.20 Å². The van der Waals surface area contributed by atoms with Crippen molar-refractivity contribution in [3.05, 3.63) is 81.5 Å². The van der Waals surface area contributed by atoms with E-state index >= 15 is 0 Å². The molecule has 180 valence electrons. The Kier molecular flexibility index (Phi) is 6.89. The van der Waals surface area contributed by atoms with E-state index in [9.17, 15) is 18.0 Å². The summed E-state index contributed by atoms with van der Waals surface area (Å²) < 4.78 is 42.6. The maximum atomic E-state index is 13.9. The number of hydrogen-bond donors (Lipinski definition) is 2. The first-order chi connectivity index (χ1) is 16.2. The first-order valence-electron chi connectivity index (χ1n) is 11.2. The number of nitrogens with one attached hydrogen (secondary N) is 2. The minimum atomic E-state index is -4.46. The fraction of sp³-hybridized carbons (Fsp3) is 0.360. The van der Waals surface area contributed by atoms with Crippen molar-refractivity contribution in [2.24, 2.45) is 0 Å². The molecule has 2 atom stereocenters. The van der Waals surface area contributed by atoms with Gasteiger partial charge in [0.15, 0.2) is 6.04 Å². The minimum absolute atomic E-state index is 0.0893. The number of hydrogen-bond acceptors (Lipinski definition) is 3. The van der Waals surface area contributed by atoms with Crippen LogP contribution >= 0.6 is 11.6 Å². The van der Waals surface area contributed by atoms with Crippen LogP contribution in [0.2, 0.25) is 5.02 Å². The van der Waals surface area contributed by atoms with Crippen molar-refractivity contribution in [1.82, 2.24) is 15.1 Å². The Labute approximate surface area is 201 Å². The molecule has 0 saturated heterocycles. The number of anilines is 1. The Morgan fingerprint density at radius 2 is 1.91 bits per heavy atom. The van der Waals surface area contributed by atoms with E-state index in [0.29, 0.717) is 10.6 Å². The predicted molar refractivity (Wildman–Crippen MR) is 126 cm³/mol. The lowest BCUT2D eigenvalue weighted by Crippen LogP contribution is -2.36. The number of halogens is 4. The first kappa shape index (κ1) is 24.1. The number of alkyl halides is 3. The molecular weight excluding hydrogens is 465 g/mol. The van der Waals surface area contributed by atoms with E-state index in [4.69, 9.17) is 11.6 Å². The van der Waals surface area contributed by atoms with Crippen molar-refractivity contribution in [3.63, 3.8) is 0 Å². The van der Waals surface area contributed by atoms with E-state index in [1.807, 2.05) is 50.2 Å². The smallest absolute Gasteiger partial charge is 0.363 e. The van der Waals surface area contributed by atoms with Crippen molar-refractivity contribution < 1.29 is 18.0 Å². The third-order valence-electron chi connectivity index (χ3n) is 6.18. The summed E-state index contributed by atoms with van der Waals surface area (Å²) >= 11 is 6.13. The van der Waals surface area contributed by atoms with Crippen molar-refractivity contribution in [2.75, 3.05) is 5.32 Å². The molecule has 2 aromatic carbocycles. The highest BCUT2D eigenvalue weighted by atomic mass is 35.5. The second-order valence-electron chi connectivity index (χ2n) is 8.59. The second-order valence-corrected chi connectivity index (χ2v) is 8.99. The summed E-state index contributed by atoms with van der Waals surface area (Å²) in [5.41, 5.74) is 4.08. The lowest BCUT2D eigenvalue weighted by atomic mass is 9.95. The minimum Gasteiger partial charge on any atom is -0.363 e. The van der Waals surface area contributed by atoms with E-state index in [2.05, 4.69) is 15.7 Å². The SMILES string of the molecule is CCc1ccc([C@H]2C[C@@H](C(F)(F)F)n3ncc(CC(=O)NCc4ccc(C)c(Cl)c4)c3N2)cc1. The number of aromatic nitrogens is 2. The van der Waals surface area contributed by atoms with Crippen LogP contribution in [0.3, 0.4) is 0 Å². The first-order valence-corrected chi connectivity index (χ1v) is 11.5. The standard InChI is InChI=1S/C25H26ClF3N4O/c1-3-16-6-8-18(9-7-16)21-12-22(25(27,28)29)33-24(32-21)19(14-31-33)11-23(34)30-13-17-5-4-15(2)20(26)10-17/h4-10,14,21-22,32H,3,11-13H2,1-2H3,(H,30,34)/t21-,22+/m1/s1. The third kappa shape index (κ3) is 5.22. The van der Waals surface area contributed by atoms with Crippen LogP contribution in [0, 0.1) is 6.92 Å². The molecule has 0 saturated carbocycles. The van der Waals surface area contributed by atoms with E-state index in [1.54, 1.807) is 6.07 Å². The maximum Gasteiger partial charge on any atom is 0.410 e. The van der Waals surface area contributed by atoms with E-state index < -0.39 is 18.3 Å². The predicted octanol–water partition coefficient (Wildman–Crippen LogP) is 5.93. The van der Waals surface area contributed by atoms with Crippen LogP contribution < -0.4 is 10.6 Å². The molecular formula is C25H26ClF3N4O. The Hall–Kier alpha value is -3.00. The van der Waals surface area contributed by atoms with E-state index in [0.717, 1.165) is 33.4 Å². The fourth-order valence-corrected chi connectivity index (χ4v) is 4.33. The molecule has 0 bridgehead atoms. The number of carbonyl (C=O) groups excluding carboxylic acids is 1. The number of benzene rings is 2. The highest BCUT2D eigenvalue weighted by Crippen LogP contribution is 2.44. The van der Waals surface area contributed by atoms with Gasteiger partial charge in [-0.25, -0.2) is 4.68 Å². The summed E-state index contributed by atoms with van der Waals surface area (Å²) in [5.74, 6) is -0.0843. The molecule has 0 radical (unpaired) electrons. The van der Waals surface area contributed by atoms with Crippen molar-refractivity contribution in [2.45, 2.75) is 57.9 Å². The molecule has 5 nitrogen and oxygen atoms in total. The summed E-state index contributed by atoms with van der Waals surface area (Å²) in [5, 5.41) is 10.6. The average molecular weight is 491 g/mol. The lowest BCUT2D eigenvalue weighted by Gasteiger charge is -2.34. The molecule has 0 aliphatic carbocycles.